The highest BCUT2D eigenvalue weighted by Gasteiger charge is 2.11. The molecule has 0 aliphatic carbocycles. The van der Waals surface area contributed by atoms with Crippen LogP contribution in [0.1, 0.15) is 34.1 Å². The first kappa shape index (κ1) is 20.9. The Kier molecular flexibility index (Phi) is 7.27. The molecule has 1 heterocycles. The lowest BCUT2D eigenvalue weighted by molar-refractivity contribution is 0.0951. The molecule has 0 fully saturated rings. The third-order valence-corrected chi connectivity index (χ3v) is 5.44. The van der Waals surface area contributed by atoms with Gasteiger partial charge in [0.25, 0.3) is 5.91 Å². The molecule has 0 spiro atoms. The highest BCUT2D eigenvalue weighted by molar-refractivity contribution is 7.99. The minimum absolute atomic E-state index is 0.207. The molecule has 150 valence electrons. The number of hydrogen-bond donors (Lipinski definition) is 2. The third-order valence-electron chi connectivity index (χ3n) is 4.44. The van der Waals surface area contributed by atoms with Gasteiger partial charge in [0.2, 0.25) is 0 Å². The maximum absolute atomic E-state index is 12.4. The topological polar surface area (TPSA) is 77.2 Å². The lowest BCUT2D eigenvalue weighted by Gasteiger charge is -2.09. The summed E-state index contributed by atoms with van der Waals surface area (Å²) < 4.78 is 5.03. The van der Waals surface area contributed by atoms with E-state index in [9.17, 15) is 4.79 Å². The second kappa shape index (κ2) is 10.1. The molecule has 3 rings (SSSR count). The Morgan fingerprint density at radius 3 is 2.55 bits per heavy atom. The van der Waals surface area contributed by atoms with Gasteiger partial charge >= 0.3 is 0 Å². The highest BCUT2D eigenvalue weighted by Crippen LogP contribution is 2.28. The fourth-order valence-corrected chi connectivity index (χ4v) is 3.76. The van der Waals surface area contributed by atoms with Gasteiger partial charge in [-0.3, -0.25) is 4.79 Å². The van der Waals surface area contributed by atoms with E-state index in [-0.39, 0.29) is 11.7 Å². The van der Waals surface area contributed by atoms with E-state index in [1.54, 1.807) is 31.0 Å². The largest absolute Gasteiger partial charge is 0.383 e. The Balaban J connectivity index is 1.57. The summed E-state index contributed by atoms with van der Waals surface area (Å²) in [6.07, 6.45) is 1.03. The van der Waals surface area contributed by atoms with Crippen LogP contribution in [0.3, 0.4) is 0 Å². The van der Waals surface area contributed by atoms with Crippen LogP contribution in [-0.2, 0) is 24.3 Å². The van der Waals surface area contributed by atoms with E-state index in [4.69, 9.17) is 10.5 Å². The zero-order valence-electron chi connectivity index (χ0n) is 16.6. The summed E-state index contributed by atoms with van der Waals surface area (Å²) in [5.41, 5.74) is 9.32. The first-order valence-electron chi connectivity index (χ1n) is 9.47. The van der Waals surface area contributed by atoms with Crippen LogP contribution in [0.25, 0.3) is 0 Å². The van der Waals surface area contributed by atoms with Crippen molar-refractivity contribution in [3.63, 3.8) is 0 Å². The van der Waals surface area contributed by atoms with Crippen LogP contribution < -0.4 is 11.1 Å². The molecule has 0 saturated heterocycles. The Hall–Kier alpha value is -2.83. The number of hydrogen-bond acceptors (Lipinski definition) is 5. The molecule has 3 aromatic rings. The van der Waals surface area contributed by atoms with Gasteiger partial charge in [0.15, 0.2) is 0 Å². The summed E-state index contributed by atoms with van der Waals surface area (Å²) in [5.74, 6) is -0.0353. The fraction of sp³-hybridized carbons (Fsp3) is 0.217. The minimum Gasteiger partial charge on any atom is -0.383 e. The molecule has 0 unspecified atom stereocenters. The summed E-state index contributed by atoms with van der Waals surface area (Å²) in [7, 11) is 1.59. The molecule has 6 heteroatoms. The smallest absolute Gasteiger partial charge is 0.255 e. The number of nitrogens with two attached hydrogens (primary N) is 1. The zero-order chi connectivity index (χ0) is 20.6. The number of methoxy groups -OCH3 is 1. The molecule has 0 aliphatic rings. The number of anilines is 1. The number of nitrogens with one attached hydrogen (secondary N) is 1. The molecule has 0 radical (unpaired) electrons. The standard InChI is InChI=1S/C23H25N3O2S/c1-3-16-5-4-6-20(13-16)29-19-10-7-17(8-11-19)14-25-23(27)21-12-9-18(15-28-2)26-22(21)24/h4-13H,3,14-15H2,1-2H3,(H2,24,26)(H,25,27). The summed E-state index contributed by atoms with van der Waals surface area (Å²) in [6.45, 7) is 2.94. The molecule has 5 nitrogen and oxygen atoms in total. The first-order chi connectivity index (χ1) is 14.1. The van der Waals surface area contributed by atoms with E-state index >= 15 is 0 Å². The second-order valence-corrected chi connectivity index (χ2v) is 7.74. The van der Waals surface area contributed by atoms with E-state index in [0.717, 1.165) is 16.9 Å². The molecular formula is C23H25N3O2S. The van der Waals surface area contributed by atoms with Crippen LogP contribution in [0, 0.1) is 0 Å². The van der Waals surface area contributed by atoms with Crippen molar-refractivity contribution >= 4 is 23.5 Å². The molecule has 2 aromatic carbocycles. The number of nitrogens with zero attached hydrogens (tertiary/aromatic N) is 1. The van der Waals surface area contributed by atoms with Crippen LogP contribution in [-0.4, -0.2) is 18.0 Å². The lowest BCUT2D eigenvalue weighted by atomic mass is 10.2. The number of aryl methyl sites for hydroxylation is 1. The number of pyridine rings is 1. The average Bonchev–Trinajstić information content (AvgIpc) is 2.73. The quantitative estimate of drug-likeness (QED) is 0.577. The van der Waals surface area contributed by atoms with E-state index in [2.05, 4.69) is 53.6 Å². The first-order valence-corrected chi connectivity index (χ1v) is 10.3. The SMILES string of the molecule is CCc1cccc(Sc2ccc(CNC(=O)c3ccc(COC)nc3N)cc2)c1. The molecule has 0 aliphatic heterocycles. The number of aromatic nitrogens is 1. The summed E-state index contributed by atoms with van der Waals surface area (Å²) in [5, 5.41) is 2.89. The van der Waals surface area contributed by atoms with Crippen LogP contribution in [0.2, 0.25) is 0 Å². The van der Waals surface area contributed by atoms with Crippen molar-refractivity contribution in [2.45, 2.75) is 36.3 Å². The van der Waals surface area contributed by atoms with E-state index in [0.29, 0.717) is 24.4 Å². The van der Waals surface area contributed by atoms with E-state index in [1.165, 1.54) is 10.5 Å². The monoisotopic (exact) mass is 407 g/mol. The molecule has 1 aromatic heterocycles. The van der Waals surface area contributed by atoms with Gasteiger partial charge in [-0.25, -0.2) is 4.98 Å². The van der Waals surface area contributed by atoms with Crippen LogP contribution in [0.15, 0.2) is 70.5 Å². The summed E-state index contributed by atoms with van der Waals surface area (Å²) in [4.78, 5) is 19.0. The van der Waals surface area contributed by atoms with Gasteiger partial charge in [-0.1, -0.05) is 43.0 Å². The Morgan fingerprint density at radius 1 is 1.07 bits per heavy atom. The number of ether oxygens (including phenoxy) is 1. The Morgan fingerprint density at radius 2 is 1.86 bits per heavy atom. The maximum Gasteiger partial charge on any atom is 0.255 e. The van der Waals surface area contributed by atoms with Crippen LogP contribution in [0.5, 0.6) is 0 Å². The summed E-state index contributed by atoms with van der Waals surface area (Å²) in [6, 6.07) is 20.2. The van der Waals surface area contributed by atoms with Crippen molar-refractivity contribution in [2.75, 3.05) is 12.8 Å². The molecule has 29 heavy (non-hydrogen) atoms. The molecule has 3 N–H and O–H groups in total. The molecule has 0 bridgehead atoms. The normalized spacial score (nSPS) is 10.7. The van der Waals surface area contributed by atoms with Crippen molar-refractivity contribution in [2.24, 2.45) is 0 Å². The van der Waals surface area contributed by atoms with Gasteiger partial charge in [-0.15, -0.1) is 0 Å². The average molecular weight is 408 g/mol. The van der Waals surface area contributed by atoms with Crippen molar-refractivity contribution in [3.8, 4) is 0 Å². The van der Waals surface area contributed by atoms with Gasteiger partial charge < -0.3 is 15.8 Å². The van der Waals surface area contributed by atoms with Crippen LogP contribution >= 0.6 is 11.8 Å². The van der Waals surface area contributed by atoms with Crippen molar-refractivity contribution < 1.29 is 9.53 Å². The van der Waals surface area contributed by atoms with Crippen molar-refractivity contribution in [3.05, 3.63) is 83.0 Å². The molecule has 0 saturated carbocycles. The maximum atomic E-state index is 12.4. The Bertz CT molecular complexity index is 974. The molecule has 1 amide bonds. The number of amides is 1. The predicted molar refractivity (Wildman–Crippen MR) is 117 cm³/mol. The third kappa shape index (κ3) is 5.82. The lowest BCUT2D eigenvalue weighted by Crippen LogP contribution is -2.24. The molecule has 0 atom stereocenters. The van der Waals surface area contributed by atoms with Gasteiger partial charge in [-0.2, -0.15) is 0 Å². The number of carbonyl (C=O) groups is 1. The van der Waals surface area contributed by atoms with Gasteiger partial charge in [0.1, 0.15) is 5.82 Å². The second-order valence-electron chi connectivity index (χ2n) is 6.60. The highest BCUT2D eigenvalue weighted by atomic mass is 32.2. The number of rotatable bonds is 8. The van der Waals surface area contributed by atoms with Gasteiger partial charge in [0, 0.05) is 23.4 Å². The minimum atomic E-state index is -0.242. The predicted octanol–water partition coefficient (Wildman–Crippen LogP) is 4.45. The fourth-order valence-electron chi connectivity index (χ4n) is 2.86. The Labute approximate surface area is 175 Å². The summed E-state index contributed by atoms with van der Waals surface area (Å²) >= 11 is 1.73. The van der Waals surface area contributed by atoms with Crippen molar-refractivity contribution in [1.29, 1.82) is 0 Å². The number of benzene rings is 2. The van der Waals surface area contributed by atoms with E-state index < -0.39 is 0 Å². The van der Waals surface area contributed by atoms with Crippen LogP contribution in [0.4, 0.5) is 5.82 Å². The zero-order valence-corrected chi connectivity index (χ0v) is 17.5. The van der Waals surface area contributed by atoms with Gasteiger partial charge in [-0.05, 0) is 53.9 Å². The van der Waals surface area contributed by atoms with Gasteiger partial charge in [0.05, 0.1) is 17.9 Å². The number of carbonyl (C=O) groups excluding carboxylic acids is 1. The molecular weight excluding hydrogens is 382 g/mol. The van der Waals surface area contributed by atoms with E-state index in [1.807, 2.05) is 12.1 Å². The number of nitrogen functional groups attached to an aromatic ring is 1. The van der Waals surface area contributed by atoms with Crippen molar-refractivity contribution in [1.82, 2.24) is 10.3 Å².